The van der Waals surface area contributed by atoms with E-state index in [0.29, 0.717) is 18.9 Å². The Bertz CT molecular complexity index is 571. The third-order valence-electron chi connectivity index (χ3n) is 4.35. The fourth-order valence-electron chi connectivity index (χ4n) is 3.05. The highest BCUT2D eigenvalue weighted by Gasteiger charge is 2.21. The van der Waals surface area contributed by atoms with Gasteiger partial charge in [-0.1, -0.05) is 30.4 Å². The Morgan fingerprint density at radius 2 is 2.10 bits per heavy atom. The molecular weight excluding hydrogens is 262 g/mol. The van der Waals surface area contributed by atoms with Crippen LogP contribution < -0.4 is 0 Å². The molecule has 110 valence electrons. The zero-order chi connectivity index (χ0) is 14.7. The van der Waals surface area contributed by atoms with Crippen LogP contribution in [-0.2, 0) is 4.79 Å². The molecule has 3 nitrogen and oxygen atoms in total. The second-order valence-corrected chi connectivity index (χ2v) is 5.84. The van der Waals surface area contributed by atoms with Crippen molar-refractivity contribution in [1.29, 1.82) is 0 Å². The molecule has 1 N–H and O–H groups in total. The molecule has 0 saturated carbocycles. The first-order valence-corrected chi connectivity index (χ1v) is 7.65. The van der Waals surface area contributed by atoms with Crippen LogP contribution in [0.25, 0.3) is 5.57 Å². The maximum absolute atomic E-state index is 12.3. The monoisotopic (exact) mass is 283 g/mol. The van der Waals surface area contributed by atoms with Crippen LogP contribution >= 0.6 is 0 Å². The summed E-state index contributed by atoms with van der Waals surface area (Å²) >= 11 is 0. The molecule has 1 aromatic carbocycles. The second-order valence-electron chi connectivity index (χ2n) is 5.84. The predicted molar refractivity (Wildman–Crippen MR) is 83.8 cm³/mol. The van der Waals surface area contributed by atoms with E-state index < -0.39 is 0 Å². The van der Waals surface area contributed by atoms with E-state index in [-0.39, 0.29) is 11.7 Å². The van der Waals surface area contributed by atoms with E-state index in [0.717, 1.165) is 31.4 Å². The summed E-state index contributed by atoms with van der Waals surface area (Å²) in [4.78, 5) is 14.2. The van der Waals surface area contributed by atoms with Crippen molar-refractivity contribution in [2.45, 2.75) is 25.7 Å². The highest BCUT2D eigenvalue weighted by Crippen LogP contribution is 2.26. The number of benzene rings is 1. The van der Waals surface area contributed by atoms with Gasteiger partial charge in [-0.05, 0) is 48.4 Å². The second kappa shape index (κ2) is 6.17. The molecule has 1 amide bonds. The van der Waals surface area contributed by atoms with Gasteiger partial charge < -0.3 is 10.0 Å². The molecular formula is C18H21NO2. The van der Waals surface area contributed by atoms with Crippen LogP contribution in [0.5, 0.6) is 5.75 Å². The van der Waals surface area contributed by atoms with Gasteiger partial charge in [0, 0.05) is 19.5 Å². The maximum atomic E-state index is 12.3. The van der Waals surface area contributed by atoms with Crippen LogP contribution in [0.1, 0.15) is 31.2 Å². The number of hydrogen-bond donors (Lipinski definition) is 1. The molecule has 3 rings (SSSR count). The summed E-state index contributed by atoms with van der Waals surface area (Å²) in [7, 11) is 0. The van der Waals surface area contributed by atoms with Gasteiger partial charge in [0.25, 0.3) is 0 Å². The lowest BCUT2D eigenvalue weighted by Crippen LogP contribution is -2.35. The van der Waals surface area contributed by atoms with Crippen molar-refractivity contribution in [2.75, 3.05) is 13.1 Å². The molecule has 0 fully saturated rings. The normalized spacial score (nSPS) is 21.4. The van der Waals surface area contributed by atoms with E-state index in [2.05, 4.69) is 18.2 Å². The van der Waals surface area contributed by atoms with Crippen LogP contribution in [0.2, 0.25) is 0 Å². The zero-order valence-electron chi connectivity index (χ0n) is 12.2. The summed E-state index contributed by atoms with van der Waals surface area (Å²) in [5.74, 6) is 1.00. The largest absolute Gasteiger partial charge is 0.508 e. The summed E-state index contributed by atoms with van der Waals surface area (Å²) in [6.07, 6.45) is 10.3. The van der Waals surface area contributed by atoms with Crippen LogP contribution in [0.4, 0.5) is 0 Å². The predicted octanol–water partition coefficient (Wildman–Crippen LogP) is 3.36. The first kappa shape index (κ1) is 13.9. The third kappa shape index (κ3) is 3.35. The molecule has 1 heterocycles. The summed E-state index contributed by atoms with van der Waals surface area (Å²) < 4.78 is 0. The van der Waals surface area contributed by atoms with Crippen molar-refractivity contribution in [3.05, 3.63) is 48.1 Å². The molecule has 1 aliphatic carbocycles. The average Bonchev–Trinajstić information content (AvgIpc) is 3.01. The van der Waals surface area contributed by atoms with Crippen LogP contribution in [-0.4, -0.2) is 29.0 Å². The van der Waals surface area contributed by atoms with Gasteiger partial charge in [-0.25, -0.2) is 0 Å². The van der Waals surface area contributed by atoms with Gasteiger partial charge in [0.2, 0.25) is 5.91 Å². The molecule has 2 aliphatic rings. The van der Waals surface area contributed by atoms with E-state index in [9.17, 15) is 9.90 Å². The van der Waals surface area contributed by atoms with Crippen molar-refractivity contribution in [3.63, 3.8) is 0 Å². The van der Waals surface area contributed by atoms with Crippen molar-refractivity contribution in [1.82, 2.24) is 4.90 Å². The summed E-state index contributed by atoms with van der Waals surface area (Å²) in [6.45, 7) is 1.49. The maximum Gasteiger partial charge on any atom is 0.223 e. The molecule has 3 heteroatoms. The Kier molecular flexibility index (Phi) is 4.09. The summed E-state index contributed by atoms with van der Waals surface area (Å²) in [6, 6.07) is 7.28. The Morgan fingerprint density at radius 1 is 1.29 bits per heavy atom. The number of aromatic hydroxyl groups is 1. The lowest BCUT2D eigenvalue weighted by Gasteiger charge is -2.27. The van der Waals surface area contributed by atoms with Crippen LogP contribution in [0.3, 0.4) is 0 Å². The third-order valence-corrected chi connectivity index (χ3v) is 4.35. The molecule has 0 aromatic heterocycles. The lowest BCUT2D eigenvalue weighted by molar-refractivity contribution is -0.131. The smallest absolute Gasteiger partial charge is 0.223 e. The van der Waals surface area contributed by atoms with E-state index in [1.807, 2.05) is 17.0 Å². The number of amides is 1. The summed E-state index contributed by atoms with van der Waals surface area (Å²) in [5, 5.41) is 9.33. The van der Waals surface area contributed by atoms with E-state index >= 15 is 0 Å². The number of allylic oxidation sites excluding steroid dienone is 2. The number of phenols is 1. The van der Waals surface area contributed by atoms with Gasteiger partial charge in [-0.15, -0.1) is 0 Å². The Morgan fingerprint density at radius 3 is 2.71 bits per heavy atom. The molecule has 0 radical (unpaired) electrons. The molecule has 0 spiro atoms. The lowest BCUT2D eigenvalue weighted by atomic mass is 9.98. The topological polar surface area (TPSA) is 40.5 Å². The number of carbonyl (C=O) groups is 1. The highest BCUT2D eigenvalue weighted by molar-refractivity contribution is 5.78. The van der Waals surface area contributed by atoms with Gasteiger partial charge in [-0.3, -0.25) is 4.79 Å². The molecule has 1 unspecified atom stereocenters. The van der Waals surface area contributed by atoms with Gasteiger partial charge in [0.1, 0.15) is 5.75 Å². The first-order valence-electron chi connectivity index (χ1n) is 7.65. The Hall–Kier alpha value is -2.03. The van der Waals surface area contributed by atoms with Gasteiger partial charge in [0.15, 0.2) is 0 Å². The molecule has 1 atom stereocenters. The number of rotatable bonds is 3. The van der Waals surface area contributed by atoms with Gasteiger partial charge in [0.05, 0.1) is 0 Å². The standard InChI is InChI=1S/C18H21NO2/c20-17-7-5-15(6-8-17)16-9-11-19(12-10-16)18(21)13-14-3-1-2-4-14/h1,3,5-9,14,20H,2,4,10-13H2. The van der Waals surface area contributed by atoms with Crippen molar-refractivity contribution in [3.8, 4) is 5.75 Å². The number of hydrogen-bond acceptors (Lipinski definition) is 2. The molecule has 1 aromatic rings. The number of carbonyl (C=O) groups excluding carboxylic acids is 1. The van der Waals surface area contributed by atoms with Crippen LogP contribution in [0, 0.1) is 5.92 Å². The fraction of sp³-hybridized carbons (Fsp3) is 0.389. The van der Waals surface area contributed by atoms with Crippen molar-refractivity contribution >= 4 is 11.5 Å². The van der Waals surface area contributed by atoms with E-state index in [1.165, 1.54) is 5.57 Å². The quantitative estimate of drug-likeness (QED) is 0.864. The molecule has 0 saturated heterocycles. The summed E-state index contributed by atoms with van der Waals surface area (Å²) in [5.41, 5.74) is 2.40. The van der Waals surface area contributed by atoms with Gasteiger partial charge >= 0.3 is 0 Å². The SMILES string of the molecule is O=C(CC1C=CCC1)N1CC=C(c2ccc(O)cc2)CC1. The molecule has 0 bridgehead atoms. The number of phenolic OH excluding ortho intramolecular Hbond substituents is 1. The minimum atomic E-state index is 0.271. The van der Waals surface area contributed by atoms with Crippen LogP contribution in [0.15, 0.2) is 42.5 Å². The average molecular weight is 283 g/mol. The van der Waals surface area contributed by atoms with Crippen molar-refractivity contribution < 1.29 is 9.90 Å². The van der Waals surface area contributed by atoms with Crippen molar-refractivity contribution in [2.24, 2.45) is 5.92 Å². The van der Waals surface area contributed by atoms with Gasteiger partial charge in [-0.2, -0.15) is 0 Å². The minimum Gasteiger partial charge on any atom is -0.508 e. The molecule has 21 heavy (non-hydrogen) atoms. The fourth-order valence-corrected chi connectivity index (χ4v) is 3.05. The highest BCUT2D eigenvalue weighted by atomic mass is 16.3. The molecule has 1 aliphatic heterocycles. The number of nitrogens with zero attached hydrogens (tertiary/aromatic N) is 1. The minimum absolute atomic E-state index is 0.271. The van der Waals surface area contributed by atoms with E-state index in [4.69, 9.17) is 0 Å². The Labute approximate surface area is 125 Å². The first-order chi connectivity index (χ1) is 10.2. The Balaban J connectivity index is 1.59. The zero-order valence-corrected chi connectivity index (χ0v) is 12.2. The van der Waals surface area contributed by atoms with E-state index in [1.54, 1.807) is 12.1 Å².